The van der Waals surface area contributed by atoms with Crippen LogP contribution < -0.4 is 10.6 Å². The molecule has 1 aliphatic rings. The fourth-order valence-electron chi connectivity index (χ4n) is 1.66. The summed E-state index contributed by atoms with van der Waals surface area (Å²) < 4.78 is 51.1. The number of hydrogen-bond acceptors (Lipinski definition) is 2. The monoisotopic (exact) mass is 290 g/mol. The number of carbonyl (C=O) groups excluding carboxylic acids is 1. The van der Waals surface area contributed by atoms with Gasteiger partial charge in [0.05, 0.1) is 11.3 Å². The van der Waals surface area contributed by atoms with E-state index in [4.69, 9.17) is 0 Å². The smallest absolute Gasteiger partial charge is 0.372 e. The first-order valence-corrected chi connectivity index (χ1v) is 6.21. The van der Waals surface area contributed by atoms with E-state index >= 15 is 0 Å². The zero-order valence-electron chi connectivity index (χ0n) is 10.7. The molecule has 1 fully saturated rings. The summed E-state index contributed by atoms with van der Waals surface area (Å²) in [5, 5.41) is 5.16. The highest BCUT2D eigenvalue weighted by Gasteiger charge is 2.31. The van der Waals surface area contributed by atoms with Crippen LogP contribution in [0.5, 0.6) is 0 Å². The van der Waals surface area contributed by atoms with E-state index in [9.17, 15) is 22.4 Å². The lowest BCUT2D eigenvalue weighted by Crippen LogP contribution is -2.38. The Labute approximate surface area is 113 Å². The van der Waals surface area contributed by atoms with E-state index in [0.29, 0.717) is 12.1 Å². The highest BCUT2D eigenvalue weighted by atomic mass is 19.4. The normalized spacial score (nSPS) is 16.6. The molecule has 0 spiro atoms. The number of nitrogens with one attached hydrogen (secondary N) is 2. The van der Waals surface area contributed by atoms with Gasteiger partial charge in [-0.1, -0.05) is 0 Å². The molecule has 2 rings (SSSR count). The number of anilines is 1. The molecular weight excluding hydrogens is 276 g/mol. The van der Waals surface area contributed by atoms with Crippen molar-refractivity contribution in [1.82, 2.24) is 5.32 Å². The number of benzene rings is 1. The molecule has 0 saturated heterocycles. The third-order valence-corrected chi connectivity index (χ3v) is 2.98. The van der Waals surface area contributed by atoms with Gasteiger partial charge in [-0.2, -0.15) is 13.2 Å². The Bertz CT molecular complexity index is 512. The van der Waals surface area contributed by atoms with Crippen LogP contribution in [0.2, 0.25) is 0 Å². The van der Waals surface area contributed by atoms with Gasteiger partial charge in [0.1, 0.15) is 11.9 Å². The van der Waals surface area contributed by atoms with Gasteiger partial charge in [-0.15, -0.1) is 0 Å². The molecule has 20 heavy (non-hydrogen) atoms. The molecule has 0 aromatic heterocycles. The average Bonchev–Trinajstić information content (AvgIpc) is 3.14. The lowest BCUT2D eigenvalue weighted by atomic mass is 10.1. The van der Waals surface area contributed by atoms with Crippen molar-refractivity contribution in [3.05, 3.63) is 29.6 Å². The van der Waals surface area contributed by atoms with E-state index in [0.717, 1.165) is 18.9 Å². The highest BCUT2D eigenvalue weighted by molar-refractivity contribution is 5.84. The molecule has 2 N–H and O–H groups in total. The van der Waals surface area contributed by atoms with Crippen LogP contribution in [0.1, 0.15) is 25.3 Å². The van der Waals surface area contributed by atoms with E-state index in [1.807, 2.05) is 0 Å². The standard InChI is InChI=1S/C13H14F4N2O/c1-7(12(20)19-9-3-4-9)18-11-6-8(13(15,16)17)2-5-10(11)14/h2,5-7,9,18H,3-4H2,1H3,(H,19,20). The predicted octanol–water partition coefficient (Wildman–Crippen LogP) is 2.92. The van der Waals surface area contributed by atoms with Crippen molar-refractivity contribution in [3.63, 3.8) is 0 Å². The zero-order chi connectivity index (χ0) is 14.9. The average molecular weight is 290 g/mol. The molecule has 1 amide bonds. The van der Waals surface area contributed by atoms with Gasteiger partial charge in [-0.25, -0.2) is 4.39 Å². The molecule has 1 saturated carbocycles. The fourth-order valence-corrected chi connectivity index (χ4v) is 1.66. The molecule has 1 unspecified atom stereocenters. The Morgan fingerprint density at radius 3 is 2.55 bits per heavy atom. The van der Waals surface area contributed by atoms with Crippen molar-refractivity contribution in [2.24, 2.45) is 0 Å². The SMILES string of the molecule is CC(Nc1cc(C(F)(F)F)ccc1F)C(=O)NC1CC1. The van der Waals surface area contributed by atoms with Gasteiger partial charge in [0, 0.05) is 6.04 Å². The maximum atomic E-state index is 13.5. The first-order chi connectivity index (χ1) is 9.27. The molecule has 1 atom stereocenters. The number of rotatable bonds is 4. The van der Waals surface area contributed by atoms with Crippen LogP contribution in [0.4, 0.5) is 23.2 Å². The molecule has 0 radical (unpaired) electrons. The number of alkyl halides is 3. The Morgan fingerprint density at radius 1 is 1.35 bits per heavy atom. The lowest BCUT2D eigenvalue weighted by Gasteiger charge is -2.17. The molecule has 0 heterocycles. The molecule has 7 heteroatoms. The highest BCUT2D eigenvalue weighted by Crippen LogP contribution is 2.32. The molecule has 1 aliphatic carbocycles. The predicted molar refractivity (Wildman–Crippen MR) is 65.7 cm³/mol. The molecule has 3 nitrogen and oxygen atoms in total. The third-order valence-electron chi connectivity index (χ3n) is 2.98. The van der Waals surface area contributed by atoms with E-state index in [-0.39, 0.29) is 17.6 Å². The Morgan fingerprint density at radius 2 is 2.00 bits per heavy atom. The van der Waals surface area contributed by atoms with E-state index in [1.165, 1.54) is 6.92 Å². The van der Waals surface area contributed by atoms with Crippen LogP contribution in [0, 0.1) is 5.82 Å². The van der Waals surface area contributed by atoms with Crippen molar-refractivity contribution < 1.29 is 22.4 Å². The maximum absolute atomic E-state index is 13.5. The summed E-state index contributed by atoms with van der Waals surface area (Å²) in [5.41, 5.74) is -1.30. The first-order valence-electron chi connectivity index (χ1n) is 6.21. The van der Waals surface area contributed by atoms with Gasteiger partial charge in [-0.3, -0.25) is 4.79 Å². The summed E-state index contributed by atoms with van der Waals surface area (Å²) >= 11 is 0. The van der Waals surface area contributed by atoms with Crippen LogP contribution in [0.15, 0.2) is 18.2 Å². The maximum Gasteiger partial charge on any atom is 0.416 e. The topological polar surface area (TPSA) is 41.1 Å². The largest absolute Gasteiger partial charge is 0.416 e. The van der Waals surface area contributed by atoms with Gasteiger partial charge in [0.25, 0.3) is 0 Å². The third kappa shape index (κ3) is 3.61. The van der Waals surface area contributed by atoms with Gasteiger partial charge in [0.15, 0.2) is 0 Å². The van der Waals surface area contributed by atoms with E-state index in [2.05, 4.69) is 10.6 Å². The second-order valence-electron chi connectivity index (χ2n) is 4.84. The fraction of sp³-hybridized carbons (Fsp3) is 0.462. The number of halogens is 4. The molecule has 0 bridgehead atoms. The summed E-state index contributed by atoms with van der Waals surface area (Å²) in [6.07, 6.45) is -2.75. The van der Waals surface area contributed by atoms with E-state index in [1.54, 1.807) is 0 Å². The van der Waals surface area contributed by atoms with Crippen LogP contribution >= 0.6 is 0 Å². The summed E-state index contributed by atoms with van der Waals surface area (Å²) in [6.45, 7) is 1.47. The minimum Gasteiger partial charge on any atom is -0.372 e. The quantitative estimate of drug-likeness (QED) is 0.837. The van der Waals surface area contributed by atoms with Crippen molar-refractivity contribution in [3.8, 4) is 0 Å². The minimum absolute atomic E-state index is 0.137. The van der Waals surface area contributed by atoms with Gasteiger partial charge in [0.2, 0.25) is 5.91 Å². The Hall–Kier alpha value is -1.79. The summed E-state index contributed by atoms with van der Waals surface area (Å²) in [5.74, 6) is -1.19. The number of hydrogen-bond donors (Lipinski definition) is 2. The van der Waals surface area contributed by atoms with Crippen LogP contribution in [0.25, 0.3) is 0 Å². The molecule has 0 aliphatic heterocycles. The lowest BCUT2D eigenvalue weighted by molar-refractivity contribution is -0.137. The van der Waals surface area contributed by atoms with Gasteiger partial charge >= 0.3 is 6.18 Å². The number of amides is 1. The second-order valence-corrected chi connectivity index (χ2v) is 4.84. The minimum atomic E-state index is -4.55. The summed E-state index contributed by atoms with van der Waals surface area (Å²) in [4.78, 5) is 11.7. The van der Waals surface area contributed by atoms with Crippen molar-refractivity contribution in [2.75, 3.05) is 5.32 Å². The molecule has 110 valence electrons. The van der Waals surface area contributed by atoms with Crippen LogP contribution in [0.3, 0.4) is 0 Å². The first kappa shape index (κ1) is 14.6. The molecular formula is C13H14F4N2O. The van der Waals surface area contributed by atoms with Crippen LogP contribution in [-0.4, -0.2) is 18.0 Å². The van der Waals surface area contributed by atoms with Gasteiger partial charge < -0.3 is 10.6 Å². The molecule has 1 aromatic rings. The van der Waals surface area contributed by atoms with E-state index < -0.39 is 23.6 Å². The number of carbonyl (C=O) groups is 1. The van der Waals surface area contributed by atoms with Crippen molar-refractivity contribution in [2.45, 2.75) is 38.0 Å². The molecule has 1 aromatic carbocycles. The van der Waals surface area contributed by atoms with Crippen molar-refractivity contribution in [1.29, 1.82) is 0 Å². The summed E-state index contributed by atoms with van der Waals surface area (Å²) in [6, 6.07) is 1.38. The van der Waals surface area contributed by atoms with Gasteiger partial charge in [-0.05, 0) is 38.0 Å². The second kappa shape index (κ2) is 5.30. The Kier molecular flexibility index (Phi) is 3.87. The van der Waals surface area contributed by atoms with Crippen LogP contribution in [-0.2, 0) is 11.0 Å². The summed E-state index contributed by atoms with van der Waals surface area (Å²) in [7, 11) is 0. The zero-order valence-corrected chi connectivity index (χ0v) is 10.7. The Balaban J connectivity index is 2.09. The van der Waals surface area contributed by atoms with Crippen molar-refractivity contribution >= 4 is 11.6 Å².